The van der Waals surface area contributed by atoms with Gasteiger partial charge in [0.25, 0.3) is 0 Å². The molecule has 5 nitrogen and oxygen atoms in total. The predicted octanol–water partition coefficient (Wildman–Crippen LogP) is 1.52. The van der Waals surface area contributed by atoms with Gasteiger partial charge in [-0.1, -0.05) is 0 Å². The van der Waals surface area contributed by atoms with Crippen LogP contribution in [-0.4, -0.2) is 23.3 Å². The highest BCUT2D eigenvalue weighted by molar-refractivity contribution is 5.72. The molecule has 1 aromatic rings. The average Bonchev–Trinajstić information content (AvgIpc) is 2.82. The molecule has 1 fully saturated rings. The summed E-state index contributed by atoms with van der Waals surface area (Å²) in [4.78, 5) is 11.3. The highest BCUT2D eigenvalue weighted by Crippen LogP contribution is 2.35. The molecule has 0 aliphatic heterocycles. The van der Waals surface area contributed by atoms with Gasteiger partial charge in [-0.3, -0.25) is 4.79 Å². The fourth-order valence-corrected chi connectivity index (χ4v) is 2.10. The van der Waals surface area contributed by atoms with E-state index >= 15 is 0 Å². The van der Waals surface area contributed by atoms with Gasteiger partial charge < -0.3 is 9.15 Å². The van der Waals surface area contributed by atoms with Crippen molar-refractivity contribution in [1.82, 2.24) is 10.2 Å². The van der Waals surface area contributed by atoms with Gasteiger partial charge in [-0.05, 0) is 25.7 Å². The number of carbonyl (C=O) groups is 1. The van der Waals surface area contributed by atoms with E-state index in [-0.39, 0.29) is 11.9 Å². The van der Waals surface area contributed by atoms with Gasteiger partial charge in [-0.25, -0.2) is 0 Å². The maximum absolute atomic E-state index is 11.3. The van der Waals surface area contributed by atoms with E-state index in [1.807, 2.05) is 0 Å². The molecular formula is C10H14N2O3. The molecule has 1 aliphatic carbocycles. The molecule has 0 unspecified atom stereocenters. The molecule has 0 bridgehead atoms. The van der Waals surface area contributed by atoms with E-state index in [2.05, 4.69) is 10.2 Å². The first-order valence-electron chi connectivity index (χ1n) is 5.15. The molecule has 0 spiro atoms. The maximum atomic E-state index is 11.3. The molecule has 1 aromatic heterocycles. The van der Waals surface area contributed by atoms with E-state index in [0.29, 0.717) is 11.8 Å². The Labute approximate surface area is 87.8 Å². The van der Waals surface area contributed by atoms with E-state index in [0.717, 1.165) is 25.7 Å². The Morgan fingerprint density at radius 2 is 2.20 bits per heavy atom. The van der Waals surface area contributed by atoms with Gasteiger partial charge in [-0.15, -0.1) is 10.2 Å². The van der Waals surface area contributed by atoms with Crippen molar-refractivity contribution >= 4 is 5.97 Å². The number of esters is 1. The topological polar surface area (TPSA) is 65.2 Å². The Morgan fingerprint density at radius 3 is 2.73 bits per heavy atom. The van der Waals surface area contributed by atoms with Crippen molar-refractivity contribution in [3.05, 3.63) is 12.3 Å². The van der Waals surface area contributed by atoms with Crippen molar-refractivity contribution in [2.24, 2.45) is 5.92 Å². The van der Waals surface area contributed by atoms with E-state index < -0.39 is 0 Å². The van der Waals surface area contributed by atoms with Crippen molar-refractivity contribution < 1.29 is 13.9 Å². The zero-order chi connectivity index (χ0) is 10.7. The molecule has 1 aliphatic rings. The molecule has 0 atom stereocenters. The lowest BCUT2D eigenvalue weighted by atomic mass is 9.82. The van der Waals surface area contributed by atoms with Crippen LogP contribution in [0.1, 0.15) is 37.5 Å². The van der Waals surface area contributed by atoms with Crippen molar-refractivity contribution in [2.75, 3.05) is 7.11 Å². The second-order valence-corrected chi connectivity index (χ2v) is 3.85. The SMILES string of the molecule is COC(=O)C1CCC(c2nnco2)CC1. The minimum Gasteiger partial charge on any atom is -0.469 e. The van der Waals surface area contributed by atoms with E-state index in [9.17, 15) is 4.79 Å². The van der Waals surface area contributed by atoms with Gasteiger partial charge in [0.1, 0.15) is 0 Å². The molecule has 82 valence electrons. The monoisotopic (exact) mass is 210 g/mol. The third-order valence-corrected chi connectivity index (χ3v) is 2.99. The summed E-state index contributed by atoms with van der Waals surface area (Å²) in [6.07, 6.45) is 4.88. The molecular weight excluding hydrogens is 196 g/mol. The fraction of sp³-hybridized carbons (Fsp3) is 0.700. The van der Waals surface area contributed by atoms with Gasteiger partial charge >= 0.3 is 5.97 Å². The first kappa shape index (κ1) is 10.1. The van der Waals surface area contributed by atoms with Gasteiger partial charge in [0.05, 0.1) is 13.0 Å². The maximum Gasteiger partial charge on any atom is 0.308 e. The molecule has 0 N–H and O–H groups in total. The summed E-state index contributed by atoms with van der Waals surface area (Å²) < 4.78 is 9.88. The summed E-state index contributed by atoms with van der Waals surface area (Å²) in [5.41, 5.74) is 0. The van der Waals surface area contributed by atoms with Crippen LogP contribution in [0.5, 0.6) is 0 Å². The van der Waals surface area contributed by atoms with E-state index in [4.69, 9.17) is 9.15 Å². The third-order valence-electron chi connectivity index (χ3n) is 2.99. The molecule has 0 saturated heterocycles. The van der Waals surface area contributed by atoms with Crippen molar-refractivity contribution in [1.29, 1.82) is 0 Å². The Hall–Kier alpha value is -1.39. The molecule has 1 saturated carbocycles. The summed E-state index contributed by atoms with van der Waals surface area (Å²) in [5.74, 6) is 0.958. The fourth-order valence-electron chi connectivity index (χ4n) is 2.10. The second-order valence-electron chi connectivity index (χ2n) is 3.85. The largest absolute Gasteiger partial charge is 0.469 e. The van der Waals surface area contributed by atoms with Crippen LogP contribution >= 0.6 is 0 Å². The first-order chi connectivity index (χ1) is 7.31. The molecule has 0 aromatic carbocycles. The van der Waals surface area contributed by atoms with Crippen molar-refractivity contribution in [3.63, 3.8) is 0 Å². The molecule has 1 heterocycles. The van der Waals surface area contributed by atoms with E-state index in [1.165, 1.54) is 13.5 Å². The number of methoxy groups -OCH3 is 1. The number of hydrogen-bond donors (Lipinski definition) is 0. The van der Waals surface area contributed by atoms with Gasteiger partial charge in [-0.2, -0.15) is 0 Å². The molecule has 0 amide bonds. The van der Waals surface area contributed by atoms with Crippen LogP contribution in [0.4, 0.5) is 0 Å². The van der Waals surface area contributed by atoms with Crippen LogP contribution in [0.3, 0.4) is 0 Å². The average molecular weight is 210 g/mol. The number of rotatable bonds is 2. The van der Waals surface area contributed by atoms with Crippen molar-refractivity contribution in [2.45, 2.75) is 31.6 Å². The summed E-state index contributed by atoms with van der Waals surface area (Å²) in [6, 6.07) is 0. The van der Waals surface area contributed by atoms with Gasteiger partial charge in [0, 0.05) is 5.92 Å². The highest BCUT2D eigenvalue weighted by atomic mass is 16.5. The molecule has 5 heteroatoms. The van der Waals surface area contributed by atoms with Crippen LogP contribution < -0.4 is 0 Å². The Morgan fingerprint density at radius 1 is 1.47 bits per heavy atom. The van der Waals surface area contributed by atoms with Crippen LogP contribution in [0.15, 0.2) is 10.8 Å². The Bertz CT molecular complexity index is 315. The summed E-state index contributed by atoms with van der Waals surface area (Å²) in [7, 11) is 1.44. The summed E-state index contributed by atoms with van der Waals surface area (Å²) in [6.45, 7) is 0. The quantitative estimate of drug-likeness (QED) is 0.692. The smallest absolute Gasteiger partial charge is 0.308 e. The Balaban J connectivity index is 1.90. The van der Waals surface area contributed by atoms with Crippen LogP contribution in [0, 0.1) is 5.92 Å². The third kappa shape index (κ3) is 2.16. The van der Waals surface area contributed by atoms with Crippen LogP contribution in [0.2, 0.25) is 0 Å². The Kier molecular flexibility index (Phi) is 2.99. The zero-order valence-corrected chi connectivity index (χ0v) is 8.68. The van der Waals surface area contributed by atoms with Gasteiger partial charge in [0.15, 0.2) is 0 Å². The molecule has 0 radical (unpaired) electrons. The minimum absolute atomic E-state index is 0.0502. The second kappa shape index (κ2) is 4.42. The highest BCUT2D eigenvalue weighted by Gasteiger charge is 2.29. The normalized spacial score (nSPS) is 26.2. The molecule has 15 heavy (non-hydrogen) atoms. The van der Waals surface area contributed by atoms with Crippen LogP contribution in [0.25, 0.3) is 0 Å². The molecule has 2 rings (SSSR count). The van der Waals surface area contributed by atoms with E-state index in [1.54, 1.807) is 0 Å². The number of ether oxygens (including phenoxy) is 1. The minimum atomic E-state index is -0.0982. The standard InChI is InChI=1S/C10H14N2O3/c1-14-10(13)8-4-2-7(3-5-8)9-12-11-6-15-9/h6-8H,2-5H2,1H3. The lowest BCUT2D eigenvalue weighted by molar-refractivity contribution is -0.146. The number of carbonyl (C=O) groups excluding carboxylic acids is 1. The number of hydrogen-bond acceptors (Lipinski definition) is 5. The number of aromatic nitrogens is 2. The predicted molar refractivity (Wildman–Crippen MR) is 51.0 cm³/mol. The lowest BCUT2D eigenvalue weighted by Crippen LogP contribution is -2.22. The zero-order valence-electron chi connectivity index (χ0n) is 8.68. The van der Waals surface area contributed by atoms with Crippen LogP contribution in [-0.2, 0) is 9.53 Å². The number of nitrogens with zero attached hydrogens (tertiary/aromatic N) is 2. The summed E-state index contributed by atoms with van der Waals surface area (Å²) >= 11 is 0. The van der Waals surface area contributed by atoms with Crippen molar-refractivity contribution in [3.8, 4) is 0 Å². The summed E-state index contributed by atoms with van der Waals surface area (Å²) in [5, 5.41) is 7.56. The van der Waals surface area contributed by atoms with Gasteiger partial charge in [0.2, 0.25) is 12.3 Å². The lowest BCUT2D eigenvalue weighted by Gasteiger charge is -2.24. The first-order valence-corrected chi connectivity index (χ1v) is 5.15.